The number of aliphatic imine (C=N–C) groups is 1. The molecule has 0 fully saturated rings. The van der Waals surface area contributed by atoms with Crippen LogP contribution in [0.4, 0.5) is 0 Å². The summed E-state index contributed by atoms with van der Waals surface area (Å²) in [5.41, 5.74) is 16.6. The second-order valence-corrected chi connectivity index (χ2v) is 14.8. The van der Waals surface area contributed by atoms with Gasteiger partial charge in [0.2, 0.25) is 23.2 Å². The van der Waals surface area contributed by atoms with Crippen molar-refractivity contribution in [1.82, 2.24) is 0 Å². The molecule has 0 saturated heterocycles. The summed E-state index contributed by atoms with van der Waals surface area (Å²) in [6, 6.07) is -1.25. The van der Waals surface area contributed by atoms with Crippen molar-refractivity contribution in [3.8, 4) is 0 Å². The molecule has 53 heavy (non-hydrogen) atoms. The van der Waals surface area contributed by atoms with E-state index in [0.717, 1.165) is 12.2 Å². The quantitative estimate of drug-likeness (QED) is 0.0380. The van der Waals surface area contributed by atoms with Gasteiger partial charge in [-0.15, -0.1) is 0 Å². The monoisotopic (exact) mass is 806 g/mol. The Labute approximate surface area is 308 Å². The Morgan fingerprint density at radius 3 is 1.40 bits per heavy atom. The lowest BCUT2D eigenvalue weighted by Gasteiger charge is -2.38. The van der Waals surface area contributed by atoms with Gasteiger partial charge in [-0.2, -0.15) is 0 Å². The second kappa shape index (κ2) is 26.8. The van der Waals surface area contributed by atoms with Crippen molar-refractivity contribution in [1.29, 1.82) is 10.8 Å². The van der Waals surface area contributed by atoms with Crippen molar-refractivity contribution >= 4 is 33.3 Å². The van der Waals surface area contributed by atoms with Crippen LogP contribution < -0.4 is 17.2 Å². The van der Waals surface area contributed by atoms with Crippen LogP contribution in [-0.2, 0) is 46.3 Å². The van der Waals surface area contributed by atoms with Gasteiger partial charge in [-0.1, -0.05) is 13.8 Å². The van der Waals surface area contributed by atoms with Crippen LogP contribution in [-0.4, -0.2) is 137 Å². The highest BCUT2D eigenvalue weighted by Crippen LogP contribution is 2.59. The Morgan fingerprint density at radius 2 is 1.09 bits per heavy atom. The summed E-state index contributed by atoms with van der Waals surface area (Å²) in [4.78, 5) is 20.7. The number of carbonyl (C=O) groups excluding carboxylic acids is 2. The molecular formula is C29H56N6O16P2. The van der Waals surface area contributed by atoms with Crippen molar-refractivity contribution in [3.05, 3.63) is 23.2 Å². The molecule has 0 saturated carbocycles. The number of nitrogens with two attached hydrogens (primary N) is 3. The van der Waals surface area contributed by atoms with Gasteiger partial charge in [0.25, 0.3) is 0 Å². The number of hydrogen-bond acceptors (Lipinski definition) is 20. The third-order valence-electron chi connectivity index (χ3n) is 7.21. The lowest BCUT2D eigenvalue weighted by Crippen LogP contribution is -2.50. The average molecular weight is 807 g/mol. The summed E-state index contributed by atoms with van der Waals surface area (Å²) in [7, 11) is -7.46. The van der Waals surface area contributed by atoms with Crippen molar-refractivity contribution in [2.45, 2.75) is 90.2 Å². The molecule has 10 atom stereocenters. The second-order valence-electron chi connectivity index (χ2n) is 10.9. The molecule has 2 rings (SSSR count). The van der Waals surface area contributed by atoms with E-state index in [-0.39, 0.29) is 49.3 Å². The third kappa shape index (κ3) is 16.6. The molecule has 2 heterocycles. The lowest BCUT2D eigenvalue weighted by molar-refractivity contribution is -0.106. The highest BCUT2D eigenvalue weighted by Gasteiger charge is 2.46. The molecule has 0 aliphatic carbocycles. The molecule has 14 N–H and O–H groups in total. The minimum absolute atomic E-state index is 0.0732. The highest BCUT2D eigenvalue weighted by molar-refractivity contribution is 7.58. The first kappa shape index (κ1) is 52.2. The SMILES string of the molecule is CCOP(=O)(OCC)C1=C[C@H](N)[C@@H](C)[C@H]([C@H](O)[C@H](O)CO)O1.CCOP(=O)(OCC)C1=C[C@H](N=C(N)N)[C@@H](C)[C@H]([C@H](O)[C@H](O)CO)O1.N=C=O.N=C=O. The number of rotatable bonds is 17. The molecule has 0 aromatic heterocycles. The number of isocyanates is 2. The molecule has 0 aromatic carbocycles. The number of guanidine groups is 1. The minimum atomic E-state index is -3.79. The van der Waals surface area contributed by atoms with E-state index in [1.807, 2.05) is 0 Å². The Morgan fingerprint density at radius 1 is 0.774 bits per heavy atom. The smallest absolute Gasteiger partial charge is 0.395 e. The van der Waals surface area contributed by atoms with Crippen molar-refractivity contribution in [2.75, 3.05) is 39.6 Å². The van der Waals surface area contributed by atoms with Crippen LogP contribution in [0.5, 0.6) is 0 Å². The predicted octanol–water partition coefficient (Wildman–Crippen LogP) is -0.543. The van der Waals surface area contributed by atoms with E-state index in [2.05, 4.69) is 4.99 Å². The highest BCUT2D eigenvalue weighted by atomic mass is 31.2. The number of aliphatic hydroxyl groups is 6. The molecule has 2 aliphatic heterocycles. The van der Waals surface area contributed by atoms with Crippen molar-refractivity contribution < 1.29 is 76.9 Å². The van der Waals surface area contributed by atoms with E-state index in [1.165, 1.54) is 12.2 Å². The first-order chi connectivity index (χ1) is 24.8. The maximum absolute atomic E-state index is 13.0. The molecule has 0 radical (unpaired) electrons. The van der Waals surface area contributed by atoms with Crippen LogP contribution in [0.25, 0.3) is 0 Å². The van der Waals surface area contributed by atoms with Gasteiger partial charge < -0.3 is 75.4 Å². The Bertz CT molecular complexity index is 1290. The summed E-state index contributed by atoms with van der Waals surface area (Å²) >= 11 is 0. The van der Waals surface area contributed by atoms with Gasteiger partial charge in [0.05, 0.1) is 45.7 Å². The normalized spacial score (nSPS) is 24.6. The van der Waals surface area contributed by atoms with E-state index < -0.39 is 83.0 Å². The predicted molar refractivity (Wildman–Crippen MR) is 189 cm³/mol. The van der Waals surface area contributed by atoms with Crippen LogP contribution in [0, 0.1) is 22.7 Å². The molecule has 2 aliphatic rings. The Kier molecular flexibility index (Phi) is 26.4. The van der Waals surface area contributed by atoms with Gasteiger partial charge in [0.15, 0.2) is 5.96 Å². The van der Waals surface area contributed by atoms with Crippen LogP contribution >= 0.6 is 15.2 Å². The molecule has 0 bridgehead atoms. The molecule has 22 nitrogen and oxygen atoms in total. The van der Waals surface area contributed by atoms with E-state index in [9.17, 15) is 29.6 Å². The zero-order valence-electron chi connectivity index (χ0n) is 30.5. The fraction of sp³-hybridized carbons (Fsp3) is 0.759. The topological polar surface area (TPSA) is 383 Å². The molecule has 0 spiro atoms. The molecule has 24 heteroatoms. The van der Waals surface area contributed by atoms with Gasteiger partial charge >= 0.3 is 15.2 Å². The largest absolute Gasteiger partial charge is 0.479 e. The number of nitrogens with zero attached hydrogens (tertiary/aromatic N) is 1. The number of ether oxygens (including phenoxy) is 2. The summed E-state index contributed by atoms with van der Waals surface area (Å²) in [5.74, 6) is -1.05. The van der Waals surface area contributed by atoms with Crippen molar-refractivity contribution in [3.63, 3.8) is 0 Å². The van der Waals surface area contributed by atoms with Crippen LogP contribution in [0.15, 0.2) is 28.1 Å². The van der Waals surface area contributed by atoms with E-state index in [0.29, 0.717) is 0 Å². The Hall–Kier alpha value is -2.87. The number of nitrogens with one attached hydrogen (secondary N) is 2. The van der Waals surface area contributed by atoms with E-state index >= 15 is 0 Å². The third-order valence-corrected chi connectivity index (χ3v) is 11.2. The average Bonchev–Trinajstić information content (AvgIpc) is 3.10. The number of hydrogen-bond donors (Lipinski definition) is 11. The molecular weight excluding hydrogens is 750 g/mol. The summed E-state index contributed by atoms with van der Waals surface area (Å²) in [6.45, 7) is 9.24. The lowest BCUT2D eigenvalue weighted by atomic mass is 9.89. The maximum Gasteiger partial charge on any atom is 0.395 e. The number of aliphatic hydroxyl groups excluding tert-OH is 6. The summed E-state index contributed by atoms with van der Waals surface area (Å²) in [6.07, 6.45) is -3.29. The zero-order valence-corrected chi connectivity index (χ0v) is 32.3. The van der Waals surface area contributed by atoms with Gasteiger partial charge in [-0.25, -0.2) is 25.4 Å². The van der Waals surface area contributed by atoms with Gasteiger partial charge in [0, 0.05) is 17.9 Å². The molecule has 0 amide bonds. The standard InChI is InChI=1S/C14H28N3O7P.C13H26NO7P.2CHNO/c1-4-22-25(21,23-5-2)11-6-9(17-14(15)16)8(3)13(24-11)12(20)10(19)7-18;1-4-19-22(18,20-5-2)11-6-9(14)8(3)13(21-11)12(17)10(16)7-15;2*2-1-3/h6,8-10,12-13,18-20H,4-5,7H2,1-3H3,(H4,15,16,17);6,8-10,12-13,15-17H,4-5,7,14H2,1-3H3;2*2H/t2*8-,9+,10-,12-,13-;;/m11../s1. The van der Waals surface area contributed by atoms with Crippen molar-refractivity contribution in [2.24, 2.45) is 34.0 Å². The fourth-order valence-electron chi connectivity index (χ4n) is 4.66. The summed E-state index contributed by atoms with van der Waals surface area (Å²) in [5, 5.41) is 68.5. The fourth-order valence-corrected chi connectivity index (χ4v) is 7.87. The first-order valence-electron chi connectivity index (χ1n) is 16.3. The first-order valence-corrected chi connectivity index (χ1v) is 19.3. The molecule has 308 valence electrons. The minimum Gasteiger partial charge on any atom is -0.479 e. The van der Waals surface area contributed by atoms with Crippen LogP contribution in [0.2, 0.25) is 0 Å². The maximum atomic E-state index is 13.0. The van der Waals surface area contributed by atoms with E-state index in [1.54, 1.807) is 41.5 Å². The van der Waals surface area contributed by atoms with Gasteiger partial charge in [-0.05, 0) is 39.8 Å². The zero-order chi connectivity index (χ0) is 41.5. The molecule has 0 aromatic rings. The summed E-state index contributed by atoms with van der Waals surface area (Å²) < 4.78 is 57.8. The van der Waals surface area contributed by atoms with E-state index in [4.69, 9.17) is 75.4 Å². The van der Waals surface area contributed by atoms with Gasteiger partial charge in [0.1, 0.15) is 36.6 Å². The molecule has 0 unspecified atom stereocenters. The van der Waals surface area contributed by atoms with Crippen LogP contribution in [0.1, 0.15) is 41.5 Å². The Balaban J connectivity index is 0. The van der Waals surface area contributed by atoms with Gasteiger partial charge in [-0.3, -0.25) is 9.13 Å². The van der Waals surface area contributed by atoms with Crippen LogP contribution in [0.3, 0.4) is 0 Å².